The van der Waals surface area contributed by atoms with Gasteiger partial charge in [0.15, 0.2) is 11.6 Å². The van der Waals surface area contributed by atoms with E-state index in [0.29, 0.717) is 36.6 Å². The van der Waals surface area contributed by atoms with E-state index in [9.17, 15) is 18.7 Å². The monoisotopic (exact) mass is 586 g/mol. The Morgan fingerprint density at radius 1 is 1.07 bits per heavy atom. The average molecular weight is 587 g/mol. The molecule has 0 aliphatic carbocycles. The highest BCUT2D eigenvalue weighted by molar-refractivity contribution is 7.15. The molecule has 1 aliphatic rings. The highest BCUT2D eigenvalue weighted by Gasteiger charge is 2.38. The molecule has 5 aromatic rings. The van der Waals surface area contributed by atoms with Crippen LogP contribution in [0.3, 0.4) is 0 Å². The van der Waals surface area contributed by atoms with Gasteiger partial charge < -0.3 is 20.6 Å². The fraction of sp³-hybridized carbons (Fsp3) is 0.226. The van der Waals surface area contributed by atoms with Crippen LogP contribution in [-0.2, 0) is 6.54 Å². The smallest absolute Gasteiger partial charge is 0.255 e. The summed E-state index contributed by atoms with van der Waals surface area (Å²) in [6, 6.07) is 16.5. The number of pyridine rings is 1. The molecule has 1 atom stereocenters. The van der Waals surface area contributed by atoms with Crippen molar-refractivity contribution in [2.24, 2.45) is 0 Å². The molecule has 1 fully saturated rings. The molecule has 6 rings (SSSR count). The Bertz CT molecular complexity index is 1780. The van der Waals surface area contributed by atoms with Gasteiger partial charge in [-0.25, -0.2) is 23.7 Å². The number of nitrogens with one attached hydrogen (secondary N) is 2. The SMILES string of the molecule is C[C@H](NC(=O)c1cccnc1NCc1ccc(-c2ccc3ncnc(N4CC(C)(O)C4)c3c2)s1)c1ccc(F)c(F)c1. The van der Waals surface area contributed by atoms with Crippen molar-refractivity contribution >= 4 is 39.8 Å². The molecule has 0 spiro atoms. The average Bonchev–Trinajstić information content (AvgIpc) is 3.45. The maximum atomic E-state index is 13.7. The van der Waals surface area contributed by atoms with Gasteiger partial charge in [-0.3, -0.25) is 4.79 Å². The summed E-state index contributed by atoms with van der Waals surface area (Å²) in [6.07, 6.45) is 3.15. The number of hydrogen-bond donors (Lipinski definition) is 3. The van der Waals surface area contributed by atoms with Crippen LogP contribution < -0.4 is 15.5 Å². The van der Waals surface area contributed by atoms with Gasteiger partial charge in [-0.1, -0.05) is 12.1 Å². The van der Waals surface area contributed by atoms with Gasteiger partial charge in [-0.05, 0) is 73.5 Å². The number of hydrogen-bond acceptors (Lipinski definition) is 8. The van der Waals surface area contributed by atoms with Crippen LogP contribution in [0.4, 0.5) is 20.4 Å². The number of thiophene rings is 1. The number of fused-ring (bicyclic) bond motifs is 1. The summed E-state index contributed by atoms with van der Waals surface area (Å²) in [5.41, 5.74) is 1.96. The summed E-state index contributed by atoms with van der Waals surface area (Å²) in [5.74, 6) is -1.05. The molecular weight excluding hydrogens is 558 g/mol. The zero-order chi connectivity index (χ0) is 29.4. The minimum absolute atomic E-state index is 0.343. The van der Waals surface area contributed by atoms with Gasteiger partial charge >= 0.3 is 0 Å². The minimum atomic E-state index is -0.962. The second-order valence-electron chi connectivity index (χ2n) is 10.7. The number of β-amino-alcohol motifs (C(OH)–C–C–N with tert-alkyl or cyclic N) is 1. The predicted molar refractivity (Wildman–Crippen MR) is 159 cm³/mol. The summed E-state index contributed by atoms with van der Waals surface area (Å²) in [5, 5.41) is 17.2. The summed E-state index contributed by atoms with van der Waals surface area (Å²) in [4.78, 5) is 30.5. The fourth-order valence-corrected chi connectivity index (χ4v) is 5.99. The molecule has 1 saturated heterocycles. The lowest BCUT2D eigenvalue weighted by molar-refractivity contribution is 0.0307. The molecule has 11 heteroatoms. The fourth-order valence-electron chi connectivity index (χ4n) is 5.04. The second-order valence-corrected chi connectivity index (χ2v) is 11.8. The molecule has 1 amide bonds. The van der Waals surface area contributed by atoms with Gasteiger partial charge in [0.1, 0.15) is 18.0 Å². The van der Waals surface area contributed by atoms with Crippen molar-refractivity contribution in [3.05, 3.63) is 101 Å². The number of aliphatic hydroxyl groups is 1. The highest BCUT2D eigenvalue weighted by Crippen LogP contribution is 2.35. The van der Waals surface area contributed by atoms with E-state index in [1.54, 1.807) is 42.9 Å². The number of carbonyl (C=O) groups is 1. The zero-order valence-electron chi connectivity index (χ0n) is 22.9. The van der Waals surface area contributed by atoms with E-state index in [2.05, 4.69) is 42.6 Å². The Balaban J connectivity index is 1.15. The van der Waals surface area contributed by atoms with Crippen LogP contribution in [0.5, 0.6) is 0 Å². The third-order valence-electron chi connectivity index (χ3n) is 7.20. The lowest BCUT2D eigenvalue weighted by Crippen LogP contribution is -2.60. The molecule has 0 bridgehead atoms. The molecule has 3 aromatic heterocycles. The van der Waals surface area contributed by atoms with Crippen molar-refractivity contribution in [1.29, 1.82) is 0 Å². The lowest BCUT2D eigenvalue weighted by Gasteiger charge is -2.45. The highest BCUT2D eigenvalue weighted by atomic mass is 32.1. The first-order valence-electron chi connectivity index (χ1n) is 13.4. The normalized spacial score (nSPS) is 14.8. The van der Waals surface area contributed by atoms with Gasteiger partial charge in [0.05, 0.1) is 29.3 Å². The van der Waals surface area contributed by atoms with E-state index in [0.717, 1.165) is 44.2 Å². The first-order valence-corrected chi connectivity index (χ1v) is 14.2. The molecule has 3 N–H and O–H groups in total. The van der Waals surface area contributed by atoms with Crippen LogP contribution in [0, 0.1) is 11.6 Å². The van der Waals surface area contributed by atoms with Crippen molar-refractivity contribution in [1.82, 2.24) is 20.3 Å². The lowest BCUT2D eigenvalue weighted by atomic mass is 9.96. The van der Waals surface area contributed by atoms with Crippen LogP contribution in [0.15, 0.2) is 73.2 Å². The first-order chi connectivity index (χ1) is 20.2. The van der Waals surface area contributed by atoms with Gasteiger partial charge in [0.25, 0.3) is 5.91 Å². The summed E-state index contributed by atoms with van der Waals surface area (Å²) >= 11 is 1.62. The van der Waals surface area contributed by atoms with Crippen LogP contribution in [0.1, 0.15) is 40.7 Å². The van der Waals surface area contributed by atoms with E-state index in [1.165, 1.54) is 6.07 Å². The third kappa shape index (κ3) is 5.65. The molecule has 0 radical (unpaired) electrons. The van der Waals surface area contributed by atoms with Crippen molar-refractivity contribution in [3.8, 4) is 10.4 Å². The number of anilines is 2. The largest absolute Gasteiger partial charge is 0.386 e. The van der Waals surface area contributed by atoms with Crippen LogP contribution in [0.25, 0.3) is 21.3 Å². The Morgan fingerprint density at radius 3 is 2.69 bits per heavy atom. The number of rotatable bonds is 8. The Labute approximate surface area is 245 Å². The van der Waals surface area contributed by atoms with Crippen molar-refractivity contribution in [2.45, 2.75) is 32.0 Å². The van der Waals surface area contributed by atoms with E-state index in [1.807, 2.05) is 25.1 Å². The molecule has 4 heterocycles. The molecule has 1 aliphatic heterocycles. The predicted octanol–water partition coefficient (Wildman–Crippen LogP) is 5.71. The van der Waals surface area contributed by atoms with Gasteiger partial charge in [0.2, 0.25) is 0 Å². The molecule has 2 aromatic carbocycles. The topological polar surface area (TPSA) is 103 Å². The number of halogens is 2. The molecule has 214 valence electrons. The van der Waals surface area contributed by atoms with Crippen LogP contribution >= 0.6 is 11.3 Å². The minimum Gasteiger partial charge on any atom is -0.386 e. The standard InChI is InChI=1S/C31H28F2N6O2S/c1-18(19-5-8-24(32)25(33)13-19)38-30(40)22-4-3-11-34-28(22)35-14-21-7-10-27(42-21)20-6-9-26-23(12-20)29(37-17-36-26)39-15-31(2,41)16-39/h3-13,17-18,41H,14-16H2,1-2H3,(H,34,35)(H,38,40)/t18-/m0/s1. The van der Waals surface area contributed by atoms with Gasteiger partial charge in [-0.15, -0.1) is 11.3 Å². The Kier molecular flexibility index (Phi) is 7.29. The number of aromatic nitrogens is 3. The maximum Gasteiger partial charge on any atom is 0.255 e. The van der Waals surface area contributed by atoms with Crippen molar-refractivity contribution < 1.29 is 18.7 Å². The Hall–Kier alpha value is -4.48. The first kappa shape index (κ1) is 27.7. The van der Waals surface area contributed by atoms with Crippen LogP contribution in [-0.4, -0.2) is 44.7 Å². The van der Waals surface area contributed by atoms with Gasteiger partial charge in [0, 0.05) is 34.4 Å². The van der Waals surface area contributed by atoms with E-state index in [4.69, 9.17) is 0 Å². The van der Waals surface area contributed by atoms with E-state index >= 15 is 0 Å². The summed E-state index contributed by atoms with van der Waals surface area (Å²) in [6.45, 7) is 5.02. The number of amides is 1. The zero-order valence-corrected chi connectivity index (χ0v) is 23.8. The molecular formula is C31H28F2N6O2S. The Morgan fingerprint density at radius 2 is 1.90 bits per heavy atom. The molecule has 8 nitrogen and oxygen atoms in total. The van der Waals surface area contributed by atoms with Crippen LogP contribution in [0.2, 0.25) is 0 Å². The summed E-state index contributed by atoms with van der Waals surface area (Å²) < 4.78 is 27.0. The second kappa shape index (κ2) is 11.1. The van der Waals surface area contributed by atoms with Crippen molar-refractivity contribution in [2.75, 3.05) is 23.3 Å². The number of nitrogens with zero attached hydrogens (tertiary/aromatic N) is 4. The van der Waals surface area contributed by atoms with E-state index in [-0.39, 0.29) is 5.91 Å². The molecule has 0 unspecified atom stereocenters. The van der Waals surface area contributed by atoms with Crippen molar-refractivity contribution in [3.63, 3.8) is 0 Å². The molecule has 42 heavy (non-hydrogen) atoms. The number of benzene rings is 2. The van der Waals surface area contributed by atoms with Gasteiger partial charge in [-0.2, -0.15) is 0 Å². The quantitative estimate of drug-likeness (QED) is 0.214. The van der Waals surface area contributed by atoms with E-state index < -0.39 is 23.3 Å². The molecule has 0 saturated carbocycles. The maximum absolute atomic E-state index is 13.7. The summed E-state index contributed by atoms with van der Waals surface area (Å²) in [7, 11) is 0. The number of carbonyl (C=O) groups excluding carboxylic acids is 1. The third-order valence-corrected chi connectivity index (χ3v) is 8.33.